The summed E-state index contributed by atoms with van der Waals surface area (Å²) in [5, 5.41) is 38.0. The van der Waals surface area contributed by atoms with Crippen LogP contribution in [0.2, 0.25) is 0 Å². The zero-order chi connectivity index (χ0) is 21.4. The van der Waals surface area contributed by atoms with E-state index in [1.807, 2.05) is 31.2 Å². The van der Waals surface area contributed by atoms with Gasteiger partial charge in [0, 0.05) is 24.9 Å². The molecule has 1 aliphatic heterocycles. The minimum absolute atomic E-state index is 0.303. The van der Waals surface area contributed by atoms with Crippen molar-refractivity contribution in [1.29, 1.82) is 21.2 Å². The van der Waals surface area contributed by atoms with E-state index >= 15 is 0 Å². The second-order valence-electron chi connectivity index (χ2n) is 7.27. The van der Waals surface area contributed by atoms with Crippen LogP contribution in [0, 0.1) is 56.7 Å². The summed E-state index contributed by atoms with van der Waals surface area (Å²) in [6, 6.07) is 10.3. The fourth-order valence-electron chi connectivity index (χ4n) is 4.38. The van der Waals surface area contributed by atoms with Crippen molar-refractivity contribution in [2.24, 2.45) is 17.3 Å². The predicted octanol–water partition coefficient (Wildman–Crippen LogP) is 3.87. The zero-order valence-corrected chi connectivity index (χ0v) is 15.7. The van der Waals surface area contributed by atoms with Crippen molar-refractivity contribution in [1.82, 2.24) is 4.90 Å². The quantitative estimate of drug-likeness (QED) is 0.766. The summed E-state index contributed by atoms with van der Waals surface area (Å²) in [4.78, 5) is 2.08. The van der Waals surface area contributed by atoms with Gasteiger partial charge in [0.2, 0.25) is 0 Å². The predicted molar refractivity (Wildman–Crippen MR) is 98.4 cm³/mol. The standard InChI is InChI=1S/C21H18F3N5/c1-2-29-8-7-15-16(9-25)19(28)20(11-26,12-27)18(17(15)10-29)13-3-5-14(6-4-13)21(22,23)24/h3-7,16-18,28H,2,8,10H2,1H3. The Hall–Kier alpha value is -3.15. The molecule has 0 aromatic heterocycles. The number of rotatable bonds is 2. The van der Waals surface area contributed by atoms with Crippen LogP contribution in [0.5, 0.6) is 0 Å². The van der Waals surface area contributed by atoms with Crippen molar-refractivity contribution in [2.45, 2.75) is 19.0 Å². The van der Waals surface area contributed by atoms with E-state index in [-0.39, 0.29) is 5.71 Å². The van der Waals surface area contributed by atoms with Crippen LogP contribution in [0.1, 0.15) is 24.0 Å². The number of fused-ring (bicyclic) bond motifs is 1. The lowest BCUT2D eigenvalue weighted by Gasteiger charge is -2.47. The number of nitrogens with zero attached hydrogens (tertiary/aromatic N) is 4. The Morgan fingerprint density at radius 1 is 1.17 bits per heavy atom. The van der Waals surface area contributed by atoms with E-state index in [2.05, 4.69) is 4.90 Å². The molecule has 1 aliphatic carbocycles. The first-order valence-corrected chi connectivity index (χ1v) is 9.14. The van der Waals surface area contributed by atoms with Crippen molar-refractivity contribution in [2.75, 3.05) is 19.6 Å². The summed E-state index contributed by atoms with van der Waals surface area (Å²) < 4.78 is 38.9. The van der Waals surface area contributed by atoms with Crippen molar-refractivity contribution in [3.05, 3.63) is 47.0 Å². The smallest absolute Gasteiger partial charge is 0.305 e. The summed E-state index contributed by atoms with van der Waals surface area (Å²) in [6.07, 6.45) is -2.64. The molecule has 1 saturated carbocycles. The Morgan fingerprint density at radius 2 is 1.79 bits per heavy atom. The molecule has 0 amide bonds. The maximum atomic E-state index is 13.0. The maximum Gasteiger partial charge on any atom is 0.416 e. The molecule has 0 spiro atoms. The summed E-state index contributed by atoms with van der Waals surface area (Å²) in [6.45, 7) is 3.71. The second kappa shape index (κ2) is 7.35. The molecule has 0 saturated heterocycles. The number of nitrogens with one attached hydrogen (secondary N) is 1. The van der Waals surface area contributed by atoms with Crippen LogP contribution in [-0.4, -0.2) is 30.2 Å². The van der Waals surface area contributed by atoms with Gasteiger partial charge in [-0.05, 0) is 29.8 Å². The largest absolute Gasteiger partial charge is 0.416 e. The molecule has 1 aromatic carbocycles. The average molecular weight is 397 g/mol. The topological polar surface area (TPSA) is 98.5 Å². The zero-order valence-electron chi connectivity index (χ0n) is 15.7. The lowest BCUT2D eigenvalue weighted by Crippen LogP contribution is -2.52. The van der Waals surface area contributed by atoms with Crippen LogP contribution in [-0.2, 0) is 6.18 Å². The molecule has 0 radical (unpaired) electrons. The normalized spacial score (nSPS) is 26.4. The van der Waals surface area contributed by atoms with Crippen LogP contribution in [0.25, 0.3) is 0 Å². The monoisotopic (exact) mass is 397 g/mol. The van der Waals surface area contributed by atoms with Crippen molar-refractivity contribution >= 4 is 5.71 Å². The highest BCUT2D eigenvalue weighted by Crippen LogP contribution is 2.53. The van der Waals surface area contributed by atoms with Gasteiger partial charge >= 0.3 is 6.18 Å². The first kappa shape index (κ1) is 20.6. The van der Waals surface area contributed by atoms with Crippen LogP contribution in [0.3, 0.4) is 0 Å². The Balaban J connectivity index is 2.20. The molecule has 8 heteroatoms. The third-order valence-electron chi connectivity index (χ3n) is 5.91. The van der Waals surface area contributed by atoms with Gasteiger partial charge in [0.1, 0.15) is 5.92 Å². The van der Waals surface area contributed by atoms with Gasteiger partial charge in [-0.15, -0.1) is 0 Å². The number of hydrogen-bond donors (Lipinski definition) is 1. The first-order valence-electron chi connectivity index (χ1n) is 9.14. The fraction of sp³-hybridized carbons (Fsp3) is 0.429. The second-order valence-corrected chi connectivity index (χ2v) is 7.27. The van der Waals surface area contributed by atoms with Crippen LogP contribution < -0.4 is 0 Å². The van der Waals surface area contributed by atoms with E-state index in [1.165, 1.54) is 12.1 Å². The van der Waals surface area contributed by atoms with E-state index < -0.39 is 34.9 Å². The number of halogens is 3. The molecule has 3 atom stereocenters. The van der Waals surface area contributed by atoms with Crippen LogP contribution in [0.4, 0.5) is 13.2 Å². The molecule has 2 aliphatic rings. The number of benzene rings is 1. The SMILES string of the molecule is CCN1CC=C2C(C#N)C(=N)C(C#N)(C#N)C(c3ccc(C(F)(F)F)cc3)C2C1. The van der Waals surface area contributed by atoms with E-state index in [1.54, 1.807) is 0 Å². The first-order chi connectivity index (χ1) is 13.7. The molecular weight excluding hydrogens is 379 g/mol. The average Bonchev–Trinajstić information content (AvgIpc) is 2.72. The Labute approximate surface area is 166 Å². The lowest BCUT2D eigenvalue weighted by molar-refractivity contribution is -0.137. The van der Waals surface area contributed by atoms with Gasteiger partial charge in [-0.3, -0.25) is 4.90 Å². The van der Waals surface area contributed by atoms with Crippen LogP contribution >= 0.6 is 0 Å². The fourth-order valence-corrected chi connectivity index (χ4v) is 4.38. The maximum absolute atomic E-state index is 13.0. The molecule has 5 nitrogen and oxygen atoms in total. The highest BCUT2D eigenvalue weighted by molar-refractivity contribution is 6.00. The van der Waals surface area contributed by atoms with E-state index in [0.717, 1.165) is 12.1 Å². The van der Waals surface area contributed by atoms with E-state index in [0.29, 0.717) is 30.8 Å². The minimum atomic E-state index is -4.50. The van der Waals surface area contributed by atoms with E-state index in [4.69, 9.17) is 5.41 Å². The number of hydrogen-bond acceptors (Lipinski definition) is 5. The summed E-state index contributed by atoms with van der Waals surface area (Å²) >= 11 is 0. The minimum Gasteiger partial charge on any atom is -0.305 e. The van der Waals surface area contributed by atoms with Crippen molar-refractivity contribution in [3.63, 3.8) is 0 Å². The molecule has 3 unspecified atom stereocenters. The van der Waals surface area contributed by atoms with Gasteiger partial charge in [0.05, 0.1) is 29.5 Å². The van der Waals surface area contributed by atoms with Crippen LogP contribution in [0.15, 0.2) is 35.9 Å². The molecule has 1 aromatic rings. The van der Waals surface area contributed by atoms with Crippen molar-refractivity contribution < 1.29 is 13.2 Å². The molecule has 1 fully saturated rings. The Bertz CT molecular complexity index is 958. The molecular formula is C21H18F3N5. The summed E-state index contributed by atoms with van der Waals surface area (Å²) in [5.41, 5.74) is -1.98. The molecule has 148 valence electrons. The lowest BCUT2D eigenvalue weighted by atomic mass is 9.54. The van der Waals surface area contributed by atoms with Gasteiger partial charge in [-0.1, -0.05) is 25.1 Å². The van der Waals surface area contributed by atoms with E-state index in [9.17, 15) is 29.0 Å². The molecule has 1 heterocycles. The number of nitriles is 3. The third-order valence-corrected chi connectivity index (χ3v) is 5.91. The van der Waals surface area contributed by atoms with Gasteiger partial charge < -0.3 is 5.41 Å². The molecule has 3 rings (SSSR count). The highest BCUT2D eigenvalue weighted by Gasteiger charge is 2.57. The van der Waals surface area contributed by atoms with Gasteiger partial charge in [0.15, 0.2) is 5.41 Å². The Kier molecular flexibility index (Phi) is 5.22. The van der Waals surface area contributed by atoms with Crippen molar-refractivity contribution in [3.8, 4) is 18.2 Å². The number of likely N-dealkylation sites (N-methyl/N-ethyl adjacent to an activating group) is 1. The van der Waals surface area contributed by atoms with Gasteiger partial charge in [0.25, 0.3) is 0 Å². The van der Waals surface area contributed by atoms with Gasteiger partial charge in [-0.2, -0.15) is 29.0 Å². The number of alkyl halides is 3. The summed E-state index contributed by atoms with van der Waals surface area (Å²) in [5.74, 6) is -2.24. The summed E-state index contributed by atoms with van der Waals surface area (Å²) in [7, 11) is 0. The highest BCUT2D eigenvalue weighted by atomic mass is 19.4. The van der Waals surface area contributed by atoms with Gasteiger partial charge in [-0.25, -0.2) is 0 Å². The molecule has 1 N–H and O–H groups in total. The third kappa shape index (κ3) is 3.18. The Morgan fingerprint density at radius 3 is 2.28 bits per heavy atom. The molecule has 0 bridgehead atoms. The molecule has 29 heavy (non-hydrogen) atoms.